The molecule has 16 nitrogen and oxygen atoms in total. The van der Waals surface area contributed by atoms with E-state index < -0.39 is 24.4 Å². The van der Waals surface area contributed by atoms with Gasteiger partial charge in [-0.05, 0) is 25.7 Å². The summed E-state index contributed by atoms with van der Waals surface area (Å²) in [6.07, 6.45) is 71.6. The predicted octanol–water partition coefficient (Wildman–Crippen LogP) is 23.8. The quantitative estimate of drug-likeness (QED) is 0.0330. The zero-order valence-electron chi connectivity index (χ0n) is 70.1. The van der Waals surface area contributed by atoms with Crippen LogP contribution in [0.15, 0.2) is 0 Å². The fourth-order valence-electron chi connectivity index (χ4n) is 14.1. The zero-order valence-corrected chi connectivity index (χ0v) is 70.1. The van der Waals surface area contributed by atoms with Crippen LogP contribution in [0.4, 0.5) is 0 Å². The third-order valence-electron chi connectivity index (χ3n) is 20.7. The van der Waals surface area contributed by atoms with E-state index in [1.165, 1.54) is 308 Å². The van der Waals surface area contributed by atoms with E-state index >= 15 is 0 Å². The standard InChI is InChI=1S/C90H174O16/c1-5-9-13-17-21-25-29-33-37-41-45-49-53-57-61-65-85(93)101-74-73-98-82-84(100-75-76-102-86(94)66-62-58-54-50-46-42-38-34-30-26-22-18-14-10-6-2)90(106-80-78-104-88(96)68-64-60-56-52-48-44-40-36-32-28-24-20-16-12-8-4)89(83(99-72-70-92)81-97-71-69-91)105-79-77-103-87(95)67-63-59-55-51-47-43-39-35-31-27-23-19-15-11-7-3/h83-84,89-92H,5-82H2,1-4H3. The van der Waals surface area contributed by atoms with Crippen molar-refractivity contribution in [2.75, 3.05) is 92.5 Å². The molecule has 0 amide bonds. The van der Waals surface area contributed by atoms with Gasteiger partial charge in [0.1, 0.15) is 50.8 Å². The second-order valence-corrected chi connectivity index (χ2v) is 30.8. The van der Waals surface area contributed by atoms with Crippen LogP contribution in [-0.4, -0.2) is 151 Å². The Bertz CT molecular complexity index is 1770. The summed E-state index contributed by atoms with van der Waals surface area (Å²) in [7, 11) is 0. The third-order valence-corrected chi connectivity index (χ3v) is 20.7. The summed E-state index contributed by atoms with van der Waals surface area (Å²) in [5.74, 6) is -1.20. The zero-order chi connectivity index (χ0) is 76.8. The summed E-state index contributed by atoms with van der Waals surface area (Å²) < 4.78 is 61.3. The van der Waals surface area contributed by atoms with Gasteiger partial charge in [0.25, 0.3) is 0 Å². The van der Waals surface area contributed by atoms with Crippen LogP contribution in [0.5, 0.6) is 0 Å². The molecule has 106 heavy (non-hydrogen) atoms. The number of carbonyl (C=O) groups is 4. The highest BCUT2D eigenvalue weighted by Crippen LogP contribution is 2.23. The fourth-order valence-corrected chi connectivity index (χ4v) is 14.1. The first-order valence-corrected chi connectivity index (χ1v) is 45.7. The maximum absolute atomic E-state index is 13.2. The molecule has 0 aromatic rings. The van der Waals surface area contributed by atoms with E-state index in [1.807, 2.05) is 0 Å². The van der Waals surface area contributed by atoms with Gasteiger partial charge in [0.2, 0.25) is 0 Å². The number of rotatable bonds is 91. The number of ether oxygens (including phenoxy) is 10. The van der Waals surface area contributed by atoms with Crippen LogP contribution < -0.4 is 0 Å². The molecule has 0 aliphatic heterocycles. The molecule has 0 heterocycles. The second-order valence-electron chi connectivity index (χ2n) is 30.8. The Morgan fingerprint density at radius 3 is 0.604 bits per heavy atom. The molecule has 0 saturated heterocycles. The first-order valence-electron chi connectivity index (χ1n) is 45.7. The van der Waals surface area contributed by atoms with E-state index in [2.05, 4.69) is 27.7 Å². The Balaban J connectivity index is 6.13. The Labute approximate surface area is 653 Å². The van der Waals surface area contributed by atoms with Gasteiger partial charge in [0.05, 0.1) is 66.1 Å². The molecule has 0 radical (unpaired) electrons. The van der Waals surface area contributed by atoms with Gasteiger partial charge in [-0.2, -0.15) is 0 Å². The van der Waals surface area contributed by atoms with Crippen LogP contribution in [-0.2, 0) is 66.5 Å². The van der Waals surface area contributed by atoms with Crippen molar-refractivity contribution in [3.63, 3.8) is 0 Å². The van der Waals surface area contributed by atoms with Crippen LogP contribution in [0.1, 0.15) is 439 Å². The first-order chi connectivity index (χ1) is 52.3. The van der Waals surface area contributed by atoms with E-state index in [4.69, 9.17) is 47.4 Å². The largest absolute Gasteiger partial charge is 0.463 e. The van der Waals surface area contributed by atoms with Gasteiger partial charge in [-0.15, -0.1) is 0 Å². The average molecular weight is 1510 g/mol. The molecule has 2 N–H and O–H groups in total. The number of esters is 4. The minimum Gasteiger partial charge on any atom is -0.463 e. The minimum atomic E-state index is -1.05. The van der Waals surface area contributed by atoms with Gasteiger partial charge in [-0.3, -0.25) is 19.2 Å². The maximum atomic E-state index is 13.2. The van der Waals surface area contributed by atoms with Crippen LogP contribution >= 0.6 is 0 Å². The van der Waals surface area contributed by atoms with Crippen LogP contribution in [0.2, 0.25) is 0 Å². The highest BCUT2D eigenvalue weighted by Gasteiger charge is 2.39. The number of aliphatic hydroxyl groups is 2. The number of aliphatic hydroxyl groups excluding tert-OH is 2. The van der Waals surface area contributed by atoms with E-state index in [0.717, 1.165) is 77.0 Å². The van der Waals surface area contributed by atoms with Gasteiger partial charge in [0, 0.05) is 25.7 Å². The number of unbranched alkanes of at least 4 members (excludes halogenated alkanes) is 56. The van der Waals surface area contributed by atoms with Gasteiger partial charge < -0.3 is 57.6 Å². The molecule has 0 aromatic heterocycles. The first kappa shape index (κ1) is 104. The van der Waals surface area contributed by atoms with Crippen molar-refractivity contribution in [1.29, 1.82) is 0 Å². The molecule has 0 rings (SSSR count). The highest BCUT2D eigenvalue weighted by molar-refractivity contribution is 5.70. The Kier molecular flexibility index (Phi) is 86.1. The van der Waals surface area contributed by atoms with Crippen LogP contribution in [0.3, 0.4) is 0 Å². The second kappa shape index (κ2) is 88.1. The SMILES string of the molecule is CCCCCCCCCCCCCCCCCC(=O)OCCOCC(OCCOC(=O)CCCCCCCCCCCCCCCCC)C(OCCOC(=O)CCCCCCCCCCCCCCCCC)C(OCCOC(=O)CCCCCCCCCCCCCCCCC)C(COCCO)OCCO. The van der Waals surface area contributed by atoms with Gasteiger partial charge in [-0.25, -0.2) is 0 Å². The summed E-state index contributed by atoms with van der Waals surface area (Å²) in [6, 6.07) is 0. The Hall–Kier alpha value is -2.44. The van der Waals surface area contributed by atoms with E-state index in [9.17, 15) is 29.4 Å². The average Bonchev–Trinajstić information content (AvgIpc) is 0.843. The van der Waals surface area contributed by atoms with Gasteiger partial charge >= 0.3 is 23.9 Å². The van der Waals surface area contributed by atoms with E-state index in [1.54, 1.807) is 0 Å². The topological polar surface area (TPSA) is 201 Å². The molecule has 630 valence electrons. The van der Waals surface area contributed by atoms with Crippen LogP contribution in [0.25, 0.3) is 0 Å². The summed E-state index contributed by atoms with van der Waals surface area (Å²) in [6.45, 7) is 7.95. The molecule has 0 aliphatic carbocycles. The lowest BCUT2D eigenvalue weighted by molar-refractivity contribution is -0.206. The van der Waals surface area contributed by atoms with E-state index in [-0.39, 0.29) is 116 Å². The normalized spacial score (nSPS) is 12.8. The smallest absolute Gasteiger partial charge is 0.305 e. The molecule has 0 saturated carbocycles. The van der Waals surface area contributed by atoms with Crippen molar-refractivity contribution >= 4 is 23.9 Å². The van der Waals surface area contributed by atoms with Crippen molar-refractivity contribution in [3.8, 4) is 0 Å². The highest BCUT2D eigenvalue weighted by atomic mass is 16.6. The molecule has 0 bridgehead atoms. The molecule has 0 spiro atoms. The van der Waals surface area contributed by atoms with Crippen molar-refractivity contribution in [2.45, 2.75) is 463 Å². The molecular formula is C90H174O16. The maximum Gasteiger partial charge on any atom is 0.305 e. The number of carbonyl (C=O) groups excluding carboxylic acids is 4. The lowest BCUT2D eigenvalue weighted by atomic mass is 10.0. The molecule has 0 fully saturated rings. The van der Waals surface area contributed by atoms with Gasteiger partial charge in [-0.1, -0.05) is 387 Å². The molecule has 16 heteroatoms. The number of hydrogen-bond donors (Lipinski definition) is 2. The summed E-state index contributed by atoms with van der Waals surface area (Å²) in [5.41, 5.74) is 0. The van der Waals surface area contributed by atoms with Crippen molar-refractivity contribution in [2.24, 2.45) is 0 Å². The molecular weight excluding hydrogens is 1340 g/mol. The van der Waals surface area contributed by atoms with Crippen molar-refractivity contribution in [1.82, 2.24) is 0 Å². The minimum absolute atomic E-state index is 0.00454. The Morgan fingerprint density at radius 1 is 0.208 bits per heavy atom. The van der Waals surface area contributed by atoms with E-state index in [0.29, 0.717) is 25.7 Å². The van der Waals surface area contributed by atoms with Crippen molar-refractivity contribution < 1.29 is 76.8 Å². The fraction of sp³-hybridized carbons (Fsp3) is 0.956. The summed E-state index contributed by atoms with van der Waals surface area (Å²) in [4.78, 5) is 52.5. The summed E-state index contributed by atoms with van der Waals surface area (Å²) in [5, 5.41) is 19.9. The third kappa shape index (κ3) is 76.9. The van der Waals surface area contributed by atoms with Crippen LogP contribution in [0, 0.1) is 0 Å². The molecule has 0 aliphatic rings. The predicted molar refractivity (Wildman–Crippen MR) is 437 cm³/mol. The number of hydrogen-bond acceptors (Lipinski definition) is 16. The van der Waals surface area contributed by atoms with Gasteiger partial charge in [0.15, 0.2) is 0 Å². The lowest BCUT2D eigenvalue weighted by Gasteiger charge is -2.37. The molecule has 4 unspecified atom stereocenters. The summed E-state index contributed by atoms with van der Waals surface area (Å²) >= 11 is 0. The van der Waals surface area contributed by atoms with Crippen molar-refractivity contribution in [3.05, 3.63) is 0 Å². The Morgan fingerprint density at radius 2 is 0.387 bits per heavy atom. The molecule has 0 aromatic carbocycles. The molecule has 4 atom stereocenters. The lowest BCUT2D eigenvalue weighted by Crippen LogP contribution is -2.53. The monoisotopic (exact) mass is 1510 g/mol.